The highest BCUT2D eigenvalue weighted by Crippen LogP contribution is 2.20. The molecule has 1 rings (SSSR count). The van der Waals surface area contributed by atoms with E-state index in [-0.39, 0.29) is 12.1 Å². The Balaban J connectivity index is 2.58. The average molecular weight is 252 g/mol. The molecule has 1 aliphatic heterocycles. The van der Waals surface area contributed by atoms with Crippen LogP contribution in [0.15, 0.2) is 0 Å². The van der Waals surface area contributed by atoms with Crippen LogP contribution in [0.2, 0.25) is 0 Å². The molecule has 0 aromatic carbocycles. The van der Waals surface area contributed by atoms with Crippen molar-refractivity contribution in [2.45, 2.75) is 45.3 Å². The van der Waals surface area contributed by atoms with Crippen molar-refractivity contribution in [3.05, 3.63) is 0 Å². The van der Waals surface area contributed by atoms with Gasteiger partial charge in [0.05, 0.1) is 12.6 Å². The van der Waals surface area contributed by atoms with Gasteiger partial charge in [0.2, 0.25) is 0 Å². The Morgan fingerprint density at radius 3 is 2.67 bits per heavy atom. The lowest BCUT2D eigenvalue weighted by Crippen LogP contribution is -2.39. The summed E-state index contributed by atoms with van der Waals surface area (Å²) < 4.78 is 5.39. The van der Waals surface area contributed by atoms with Crippen molar-refractivity contribution < 1.29 is 9.53 Å². The molecule has 0 radical (unpaired) electrons. The first kappa shape index (κ1) is 14.8. The first-order valence-corrected chi connectivity index (χ1v) is 6.42. The number of hydrogen-bond donors (Lipinski definition) is 0. The minimum atomic E-state index is -0.443. The van der Waals surface area contributed by atoms with Gasteiger partial charge in [0.1, 0.15) is 5.60 Å². The summed E-state index contributed by atoms with van der Waals surface area (Å²) in [5.74, 6) is 6.26. The molecule has 1 unspecified atom stereocenters. The van der Waals surface area contributed by atoms with Crippen molar-refractivity contribution in [2.75, 3.05) is 27.2 Å². The van der Waals surface area contributed by atoms with Crippen molar-refractivity contribution in [3.8, 4) is 11.8 Å². The molecule has 4 nitrogen and oxygen atoms in total. The van der Waals surface area contributed by atoms with E-state index in [1.807, 2.05) is 39.8 Å². The van der Waals surface area contributed by atoms with Crippen LogP contribution in [0.4, 0.5) is 4.79 Å². The van der Waals surface area contributed by atoms with E-state index >= 15 is 0 Å². The number of likely N-dealkylation sites (tertiary alicyclic amines) is 1. The lowest BCUT2D eigenvalue weighted by atomic mass is 10.2. The summed E-state index contributed by atoms with van der Waals surface area (Å²) in [5, 5.41) is 0. The predicted molar refractivity (Wildman–Crippen MR) is 72.3 cm³/mol. The van der Waals surface area contributed by atoms with Crippen molar-refractivity contribution >= 4 is 6.09 Å². The summed E-state index contributed by atoms with van der Waals surface area (Å²) in [6.07, 6.45) is 1.70. The zero-order valence-electron chi connectivity index (χ0n) is 12.1. The monoisotopic (exact) mass is 252 g/mol. The van der Waals surface area contributed by atoms with Crippen LogP contribution in [0.25, 0.3) is 0 Å². The molecule has 1 heterocycles. The van der Waals surface area contributed by atoms with Gasteiger partial charge in [0, 0.05) is 6.54 Å². The molecule has 0 N–H and O–H groups in total. The lowest BCUT2D eigenvalue weighted by Gasteiger charge is -2.26. The quantitative estimate of drug-likeness (QED) is 0.669. The standard InChI is InChI=1S/C14H24N2O2/c1-14(2,3)18-13(17)16-11-7-9-12(16)8-6-10-15(4)5/h12H,7,9-11H2,1-5H3. The highest BCUT2D eigenvalue weighted by Gasteiger charge is 2.30. The summed E-state index contributed by atoms with van der Waals surface area (Å²) >= 11 is 0. The van der Waals surface area contributed by atoms with Gasteiger partial charge in [-0.3, -0.25) is 9.80 Å². The van der Waals surface area contributed by atoms with Crippen LogP contribution >= 0.6 is 0 Å². The van der Waals surface area contributed by atoms with Gasteiger partial charge in [0.25, 0.3) is 0 Å². The molecule has 1 amide bonds. The predicted octanol–water partition coefficient (Wildman–Crippen LogP) is 1.95. The second kappa shape index (κ2) is 6.10. The number of nitrogens with zero attached hydrogens (tertiary/aromatic N) is 2. The molecule has 102 valence electrons. The van der Waals surface area contributed by atoms with Crippen LogP contribution in [-0.2, 0) is 4.74 Å². The van der Waals surface area contributed by atoms with E-state index in [9.17, 15) is 4.79 Å². The normalized spacial score (nSPS) is 19.7. The molecular weight excluding hydrogens is 228 g/mol. The Bertz CT molecular complexity index is 347. The van der Waals surface area contributed by atoms with Crippen LogP contribution < -0.4 is 0 Å². The number of hydrogen-bond acceptors (Lipinski definition) is 3. The fourth-order valence-electron chi connectivity index (χ4n) is 1.78. The Morgan fingerprint density at radius 2 is 2.11 bits per heavy atom. The van der Waals surface area contributed by atoms with Gasteiger partial charge < -0.3 is 4.74 Å². The molecule has 0 aromatic heterocycles. The molecule has 1 fully saturated rings. The van der Waals surface area contributed by atoms with Crippen LogP contribution in [0.5, 0.6) is 0 Å². The largest absolute Gasteiger partial charge is 0.444 e. The van der Waals surface area contributed by atoms with Crippen LogP contribution in [0.1, 0.15) is 33.6 Å². The third-order valence-corrected chi connectivity index (χ3v) is 2.54. The molecule has 0 saturated carbocycles. The van der Waals surface area contributed by atoms with Gasteiger partial charge >= 0.3 is 6.09 Å². The number of carbonyl (C=O) groups is 1. The van der Waals surface area contributed by atoms with Crippen molar-refractivity contribution in [3.63, 3.8) is 0 Å². The van der Waals surface area contributed by atoms with Crippen molar-refractivity contribution in [1.82, 2.24) is 9.80 Å². The smallest absolute Gasteiger partial charge is 0.411 e. The Hall–Kier alpha value is -1.21. The van der Waals surface area contributed by atoms with Gasteiger partial charge in [-0.05, 0) is 47.7 Å². The van der Waals surface area contributed by atoms with Gasteiger partial charge in [-0.1, -0.05) is 11.8 Å². The fourth-order valence-corrected chi connectivity index (χ4v) is 1.78. The number of rotatable bonds is 1. The molecule has 4 heteroatoms. The maximum atomic E-state index is 12.0. The van der Waals surface area contributed by atoms with E-state index in [2.05, 4.69) is 11.8 Å². The number of carbonyl (C=O) groups excluding carboxylic acids is 1. The lowest BCUT2D eigenvalue weighted by molar-refractivity contribution is 0.0261. The summed E-state index contributed by atoms with van der Waals surface area (Å²) in [6.45, 7) is 7.12. The summed E-state index contributed by atoms with van der Waals surface area (Å²) in [5.41, 5.74) is -0.443. The van der Waals surface area contributed by atoms with Gasteiger partial charge in [-0.15, -0.1) is 0 Å². The van der Waals surface area contributed by atoms with E-state index in [1.54, 1.807) is 4.90 Å². The van der Waals surface area contributed by atoms with Gasteiger partial charge in [0.15, 0.2) is 0 Å². The summed E-state index contributed by atoms with van der Waals surface area (Å²) in [4.78, 5) is 15.8. The second-order valence-electron chi connectivity index (χ2n) is 5.89. The average Bonchev–Trinajstić information content (AvgIpc) is 2.62. The minimum Gasteiger partial charge on any atom is -0.444 e. The molecule has 1 saturated heterocycles. The van der Waals surface area contributed by atoms with Crippen molar-refractivity contribution in [2.24, 2.45) is 0 Å². The topological polar surface area (TPSA) is 32.8 Å². The van der Waals surface area contributed by atoms with E-state index in [0.717, 1.165) is 25.9 Å². The van der Waals surface area contributed by atoms with Crippen LogP contribution in [0.3, 0.4) is 0 Å². The zero-order valence-corrected chi connectivity index (χ0v) is 12.1. The highest BCUT2D eigenvalue weighted by atomic mass is 16.6. The van der Waals surface area contributed by atoms with Gasteiger partial charge in [-0.2, -0.15) is 0 Å². The van der Waals surface area contributed by atoms with E-state index in [0.29, 0.717) is 0 Å². The Morgan fingerprint density at radius 1 is 1.44 bits per heavy atom. The number of ether oxygens (including phenoxy) is 1. The van der Waals surface area contributed by atoms with E-state index < -0.39 is 5.60 Å². The maximum Gasteiger partial charge on any atom is 0.411 e. The maximum absolute atomic E-state index is 12.0. The summed E-state index contributed by atoms with van der Waals surface area (Å²) in [6, 6.07) is 0.0137. The minimum absolute atomic E-state index is 0.0137. The molecular formula is C14H24N2O2. The number of amides is 1. The summed E-state index contributed by atoms with van der Waals surface area (Å²) in [7, 11) is 3.96. The SMILES string of the molecule is CN(C)CC#CC1CCCN1C(=O)OC(C)(C)C. The highest BCUT2D eigenvalue weighted by molar-refractivity contribution is 5.69. The fraction of sp³-hybridized carbons (Fsp3) is 0.786. The van der Waals surface area contributed by atoms with E-state index in [4.69, 9.17) is 4.74 Å². The Kier molecular flexibility index (Phi) is 5.03. The zero-order chi connectivity index (χ0) is 13.8. The third-order valence-electron chi connectivity index (χ3n) is 2.54. The van der Waals surface area contributed by atoms with Crippen molar-refractivity contribution in [1.29, 1.82) is 0 Å². The van der Waals surface area contributed by atoms with Crippen LogP contribution in [-0.4, -0.2) is 54.7 Å². The Labute approximate surface area is 110 Å². The molecule has 0 spiro atoms. The first-order chi connectivity index (χ1) is 8.29. The second-order valence-corrected chi connectivity index (χ2v) is 5.89. The first-order valence-electron chi connectivity index (χ1n) is 6.42. The molecule has 0 bridgehead atoms. The molecule has 1 aliphatic rings. The van der Waals surface area contributed by atoms with Gasteiger partial charge in [-0.25, -0.2) is 4.79 Å². The molecule has 1 atom stereocenters. The van der Waals surface area contributed by atoms with Crippen LogP contribution in [0, 0.1) is 11.8 Å². The molecule has 0 aliphatic carbocycles. The molecule has 18 heavy (non-hydrogen) atoms. The van der Waals surface area contributed by atoms with E-state index in [1.165, 1.54) is 0 Å². The molecule has 0 aromatic rings. The third kappa shape index (κ3) is 4.97.